The van der Waals surface area contributed by atoms with Crippen molar-refractivity contribution in [2.24, 2.45) is 11.3 Å². The summed E-state index contributed by atoms with van der Waals surface area (Å²) in [6.45, 7) is 6.12. The number of rotatable bonds is 1. The van der Waals surface area contributed by atoms with Crippen molar-refractivity contribution in [3.8, 4) is 0 Å². The summed E-state index contributed by atoms with van der Waals surface area (Å²) in [6, 6.07) is 0. The standard InChI is InChI=1S/C9H18O2/c1-8(2)7(6-10)4-5-9(8,3)11/h7,10-11H,4-6H2,1-3H3. The van der Waals surface area contributed by atoms with Gasteiger partial charge in [-0.25, -0.2) is 0 Å². The van der Waals surface area contributed by atoms with Crippen molar-refractivity contribution in [3.05, 3.63) is 0 Å². The van der Waals surface area contributed by atoms with Gasteiger partial charge in [-0.2, -0.15) is 0 Å². The minimum Gasteiger partial charge on any atom is -0.396 e. The molecule has 0 radical (unpaired) electrons. The minimum absolute atomic E-state index is 0.137. The second-order valence-electron chi connectivity index (χ2n) is 4.41. The maximum atomic E-state index is 9.91. The third-order valence-electron chi connectivity index (χ3n) is 3.61. The molecular formula is C9H18O2. The van der Waals surface area contributed by atoms with E-state index in [0.717, 1.165) is 12.8 Å². The molecule has 66 valence electrons. The highest BCUT2D eigenvalue weighted by Gasteiger charge is 2.49. The van der Waals surface area contributed by atoms with Gasteiger partial charge in [0.2, 0.25) is 0 Å². The highest BCUT2D eigenvalue weighted by atomic mass is 16.3. The summed E-state index contributed by atoms with van der Waals surface area (Å²) in [5, 5.41) is 18.9. The molecule has 0 amide bonds. The molecule has 2 unspecified atom stereocenters. The van der Waals surface area contributed by atoms with E-state index in [1.807, 2.05) is 20.8 Å². The van der Waals surface area contributed by atoms with Crippen LogP contribution < -0.4 is 0 Å². The Kier molecular flexibility index (Phi) is 2.01. The highest BCUT2D eigenvalue weighted by Crippen LogP contribution is 2.49. The molecule has 2 heteroatoms. The van der Waals surface area contributed by atoms with Crippen LogP contribution >= 0.6 is 0 Å². The molecule has 0 heterocycles. The Balaban J connectivity index is 2.81. The van der Waals surface area contributed by atoms with Gasteiger partial charge in [-0.1, -0.05) is 13.8 Å². The van der Waals surface area contributed by atoms with Crippen molar-refractivity contribution in [2.75, 3.05) is 6.61 Å². The lowest BCUT2D eigenvalue weighted by molar-refractivity contribution is -0.0504. The summed E-state index contributed by atoms with van der Waals surface area (Å²) in [7, 11) is 0. The van der Waals surface area contributed by atoms with E-state index in [-0.39, 0.29) is 17.9 Å². The molecule has 0 aromatic heterocycles. The third-order valence-corrected chi connectivity index (χ3v) is 3.61. The summed E-state index contributed by atoms with van der Waals surface area (Å²) in [5.74, 6) is 0.262. The van der Waals surface area contributed by atoms with Crippen molar-refractivity contribution in [1.29, 1.82) is 0 Å². The van der Waals surface area contributed by atoms with Crippen LogP contribution in [0, 0.1) is 11.3 Å². The van der Waals surface area contributed by atoms with Crippen LogP contribution in [0.5, 0.6) is 0 Å². The molecule has 0 saturated heterocycles. The largest absolute Gasteiger partial charge is 0.396 e. The van der Waals surface area contributed by atoms with Crippen molar-refractivity contribution in [2.45, 2.75) is 39.2 Å². The molecule has 2 nitrogen and oxygen atoms in total. The molecule has 1 rings (SSSR count). The molecule has 1 aliphatic rings. The summed E-state index contributed by atoms with van der Waals surface area (Å²) >= 11 is 0. The predicted molar refractivity (Wildman–Crippen MR) is 44.2 cm³/mol. The topological polar surface area (TPSA) is 40.5 Å². The van der Waals surface area contributed by atoms with Crippen LogP contribution in [0.1, 0.15) is 33.6 Å². The molecule has 0 spiro atoms. The Hall–Kier alpha value is -0.0800. The molecular weight excluding hydrogens is 140 g/mol. The fourth-order valence-corrected chi connectivity index (χ4v) is 1.90. The lowest BCUT2D eigenvalue weighted by Crippen LogP contribution is -2.40. The van der Waals surface area contributed by atoms with Crippen LogP contribution in [-0.2, 0) is 0 Å². The zero-order chi connectivity index (χ0) is 8.70. The molecule has 0 aromatic carbocycles. The number of aliphatic hydroxyl groups is 2. The van der Waals surface area contributed by atoms with Gasteiger partial charge < -0.3 is 10.2 Å². The Morgan fingerprint density at radius 2 is 1.91 bits per heavy atom. The third kappa shape index (κ3) is 1.18. The van der Waals surface area contributed by atoms with Crippen molar-refractivity contribution < 1.29 is 10.2 Å². The van der Waals surface area contributed by atoms with Gasteiger partial charge in [0.25, 0.3) is 0 Å². The van der Waals surface area contributed by atoms with E-state index in [4.69, 9.17) is 5.11 Å². The molecule has 2 atom stereocenters. The number of hydrogen-bond acceptors (Lipinski definition) is 2. The lowest BCUT2D eigenvalue weighted by Gasteiger charge is -2.36. The summed E-state index contributed by atoms with van der Waals surface area (Å²) < 4.78 is 0. The van der Waals surface area contributed by atoms with Crippen LogP contribution in [0.25, 0.3) is 0 Å². The van der Waals surface area contributed by atoms with Crippen LogP contribution in [0.4, 0.5) is 0 Å². The van der Waals surface area contributed by atoms with E-state index in [2.05, 4.69) is 0 Å². The van der Waals surface area contributed by atoms with E-state index < -0.39 is 5.60 Å². The van der Waals surface area contributed by atoms with Gasteiger partial charge in [-0.05, 0) is 31.1 Å². The Bertz CT molecular complexity index is 150. The summed E-state index contributed by atoms with van der Waals surface area (Å²) in [4.78, 5) is 0. The lowest BCUT2D eigenvalue weighted by atomic mass is 9.74. The fourth-order valence-electron chi connectivity index (χ4n) is 1.90. The van der Waals surface area contributed by atoms with E-state index in [1.54, 1.807) is 0 Å². The van der Waals surface area contributed by atoms with Gasteiger partial charge in [0.15, 0.2) is 0 Å². The Morgan fingerprint density at radius 3 is 2.09 bits per heavy atom. The van der Waals surface area contributed by atoms with Crippen molar-refractivity contribution in [1.82, 2.24) is 0 Å². The molecule has 11 heavy (non-hydrogen) atoms. The quantitative estimate of drug-likeness (QED) is 0.601. The molecule has 1 fully saturated rings. The predicted octanol–water partition coefficient (Wildman–Crippen LogP) is 1.17. The average Bonchev–Trinajstić information content (AvgIpc) is 2.05. The van der Waals surface area contributed by atoms with Crippen molar-refractivity contribution >= 4 is 0 Å². The maximum absolute atomic E-state index is 9.91. The average molecular weight is 158 g/mol. The second-order valence-corrected chi connectivity index (χ2v) is 4.41. The van der Waals surface area contributed by atoms with E-state index in [9.17, 15) is 5.11 Å². The minimum atomic E-state index is -0.597. The molecule has 1 aliphatic carbocycles. The zero-order valence-electron chi connectivity index (χ0n) is 7.59. The second kappa shape index (κ2) is 2.46. The molecule has 0 bridgehead atoms. The van der Waals surface area contributed by atoms with E-state index in [0.29, 0.717) is 0 Å². The number of aliphatic hydroxyl groups excluding tert-OH is 1. The first-order chi connectivity index (χ1) is 4.92. The first-order valence-electron chi connectivity index (χ1n) is 4.25. The summed E-state index contributed by atoms with van der Waals surface area (Å²) in [5.41, 5.74) is -0.734. The van der Waals surface area contributed by atoms with Gasteiger partial charge in [0.1, 0.15) is 0 Å². The first kappa shape index (κ1) is 9.01. The van der Waals surface area contributed by atoms with Gasteiger partial charge in [0, 0.05) is 6.61 Å². The van der Waals surface area contributed by atoms with Gasteiger partial charge >= 0.3 is 0 Å². The van der Waals surface area contributed by atoms with Gasteiger partial charge in [0.05, 0.1) is 5.60 Å². The Morgan fingerprint density at radius 1 is 1.36 bits per heavy atom. The SMILES string of the molecule is CC1(O)CCC(CO)C1(C)C. The van der Waals surface area contributed by atoms with Crippen LogP contribution in [0.2, 0.25) is 0 Å². The van der Waals surface area contributed by atoms with E-state index in [1.165, 1.54) is 0 Å². The zero-order valence-corrected chi connectivity index (χ0v) is 7.59. The first-order valence-corrected chi connectivity index (χ1v) is 4.25. The van der Waals surface area contributed by atoms with Crippen LogP contribution in [0.15, 0.2) is 0 Å². The molecule has 2 N–H and O–H groups in total. The van der Waals surface area contributed by atoms with Gasteiger partial charge in [-0.3, -0.25) is 0 Å². The van der Waals surface area contributed by atoms with Crippen molar-refractivity contribution in [3.63, 3.8) is 0 Å². The highest BCUT2D eigenvalue weighted by molar-refractivity contribution is 5.00. The Labute approximate surface area is 68.2 Å². The smallest absolute Gasteiger partial charge is 0.0674 e. The molecule has 0 aliphatic heterocycles. The molecule has 1 saturated carbocycles. The summed E-state index contributed by atoms with van der Waals surface area (Å²) in [6.07, 6.45) is 1.75. The maximum Gasteiger partial charge on any atom is 0.0674 e. The monoisotopic (exact) mass is 158 g/mol. The molecule has 0 aromatic rings. The fraction of sp³-hybridized carbons (Fsp3) is 1.00. The number of hydrogen-bond donors (Lipinski definition) is 2. The van der Waals surface area contributed by atoms with Crippen LogP contribution in [-0.4, -0.2) is 22.4 Å². The van der Waals surface area contributed by atoms with Gasteiger partial charge in [-0.15, -0.1) is 0 Å². The van der Waals surface area contributed by atoms with Crippen LogP contribution in [0.3, 0.4) is 0 Å². The van der Waals surface area contributed by atoms with E-state index >= 15 is 0 Å². The normalized spacial score (nSPS) is 42.8.